The fraction of sp³-hybridized carbons (Fsp3) is 0.300. The second-order valence-corrected chi connectivity index (χ2v) is 8.92. The van der Waals surface area contributed by atoms with Crippen LogP contribution < -0.4 is 9.62 Å². The van der Waals surface area contributed by atoms with E-state index < -0.39 is 21.8 Å². The van der Waals surface area contributed by atoms with E-state index in [1.165, 1.54) is 12.1 Å². The lowest BCUT2D eigenvalue weighted by Gasteiger charge is -2.17. The van der Waals surface area contributed by atoms with Crippen molar-refractivity contribution >= 4 is 33.2 Å². The average molecular weight is 386 g/mol. The lowest BCUT2D eigenvalue weighted by molar-refractivity contribution is -0.119. The zero-order valence-electron chi connectivity index (χ0n) is 15.7. The molecule has 1 aliphatic heterocycles. The fourth-order valence-corrected chi connectivity index (χ4v) is 5.24. The van der Waals surface area contributed by atoms with Crippen LogP contribution in [0, 0.1) is 26.7 Å². The average Bonchev–Trinajstić information content (AvgIpc) is 2.78. The van der Waals surface area contributed by atoms with Gasteiger partial charge in [0, 0.05) is 11.3 Å². The van der Waals surface area contributed by atoms with Gasteiger partial charge in [0.25, 0.3) is 5.91 Å². The molecule has 0 saturated carbocycles. The summed E-state index contributed by atoms with van der Waals surface area (Å²) in [6.45, 7) is 7.41. The predicted octanol–water partition coefficient (Wildman–Crippen LogP) is 3.18. The van der Waals surface area contributed by atoms with Crippen LogP contribution in [0.1, 0.15) is 34.0 Å². The van der Waals surface area contributed by atoms with E-state index in [2.05, 4.69) is 5.32 Å². The molecule has 1 unspecified atom stereocenters. The van der Waals surface area contributed by atoms with Gasteiger partial charge in [-0.05, 0) is 50.1 Å². The maximum Gasteiger partial charge on any atom is 0.255 e. The third-order valence-corrected chi connectivity index (χ3v) is 6.49. The molecule has 0 radical (unpaired) electrons. The molecule has 2 amide bonds. The van der Waals surface area contributed by atoms with Gasteiger partial charge in [-0.2, -0.15) is 0 Å². The van der Waals surface area contributed by atoms with E-state index in [0.717, 1.165) is 26.7 Å². The van der Waals surface area contributed by atoms with E-state index in [1.54, 1.807) is 19.1 Å². The molecule has 0 bridgehead atoms. The second kappa shape index (κ2) is 6.81. The van der Waals surface area contributed by atoms with Gasteiger partial charge in [0.1, 0.15) is 0 Å². The highest BCUT2D eigenvalue weighted by Gasteiger charge is 2.42. The molecular weight excluding hydrogens is 364 g/mol. The van der Waals surface area contributed by atoms with Crippen LogP contribution in [0.25, 0.3) is 0 Å². The van der Waals surface area contributed by atoms with Gasteiger partial charge in [0.05, 0.1) is 17.4 Å². The number of nitrogens with zero attached hydrogens (tertiary/aromatic N) is 1. The summed E-state index contributed by atoms with van der Waals surface area (Å²) in [5.41, 5.74) is 4.21. The summed E-state index contributed by atoms with van der Waals surface area (Å²) < 4.78 is 25.4. The van der Waals surface area contributed by atoms with Gasteiger partial charge in [-0.25, -0.2) is 12.7 Å². The molecule has 1 saturated heterocycles. The van der Waals surface area contributed by atoms with Crippen molar-refractivity contribution in [3.8, 4) is 0 Å². The van der Waals surface area contributed by atoms with Crippen LogP contribution in [0.5, 0.6) is 0 Å². The van der Waals surface area contributed by atoms with Gasteiger partial charge in [0.15, 0.2) is 0 Å². The molecule has 0 spiro atoms. The molecule has 1 fully saturated rings. The third kappa shape index (κ3) is 3.60. The summed E-state index contributed by atoms with van der Waals surface area (Å²) >= 11 is 0. The highest BCUT2D eigenvalue weighted by atomic mass is 32.2. The van der Waals surface area contributed by atoms with Crippen molar-refractivity contribution in [2.45, 2.75) is 27.7 Å². The van der Waals surface area contributed by atoms with Crippen LogP contribution in [-0.2, 0) is 14.8 Å². The molecule has 1 N–H and O–H groups in total. The predicted molar refractivity (Wildman–Crippen MR) is 105 cm³/mol. The number of benzene rings is 2. The number of carbonyl (C=O) groups is 2. The number of hydrogen-bond acceptors (Lipinski definition) is 4. The summed E-state index contributed by atoms with van der Waals surface area (Å²) in [4.78, 5) is 25.0. The first-order valence-corrected chi connectivity index (χ1v) is 10.3. The van der Waals surface area contributed by atoms with Gasteiger partial charge in [-0.3, -0.25) is 9.59 Å². The molecule has 3 rings (SSSR count). The summed E-state index contributed by atoms with van der Waals surface area (Å²) in [5, 5.41) is 2.89. The van der Waals surface area contributed by atoms with E-state index in [0.29, 0.717) is 0 Å². The Morgan fingerprint density at radius 3 is 2.30 bits per heavy atom. The van der Waals surface area contributed by atoms with Crippen LogP contribution in [0.2, 0.25) is 0 Å². The molecule has 142 valence electrons. The molecule has 1 heterocycles. The molecule has 6 nitrogen and oxygen atoms in total. The number of sulfonamides is 1. The number of hydrogen-bond donors (Lipinski definition) is 1. The fourth-order valence-electron chi connectivity index (χ4n) is 3.42. The van der Waals surface area contributed by atoms with Crippen molar-refractivity contribution in [2.24, 2.45) is 5.92 Å². The van der Waals surface area contributed by atoms with E-state index in [1.807, 2.05) is 32.9 Å². The Bertz CT molecular complexity index is 1020. The molecular formula is C20H22N2O4S. The van der Waals surface area contributed by atoms with Crippen LogP contribution in [-0.4, -0.2) is 26.0 Å². The standard InChI is InChI=1S/C20H22N2O4S/c1-12-8-13(2)18(14(3)9-12)21-19(23)16-6-5-7-17(10-16)22-20(24)15(4)11-27(22,25)26/h5-10,15H,11H2,1-4H3,(H,21,23). The zero-order valence-corrected chi connectivity index (χ0v) is 16.6. The van der Waals surface area contributed by atoms with Crippen molar-refractivity contribution in [1.29, 1.82) is 0 Å². The Balaban J connectivity index is 1.93. The smallest absolute Gasteiger partial charge is 0.255 e. The molecule has 0 aromatic heterocycles. The lowest BCUT2D eigenvalue weighted by atomic mass is 10.0. The maximum absolute atomic E-state index is 12.7. The van der Waals surface area contributed by atoms with Crippen LogP contribution in [0.4, 0.5) is 11.4 Å². The zero-order chi connectivity index (χ0) is 19.9. The van der Waals surface area contributed by atoms with Crippen molar-refractivity contribution in [2.75, 3.05) is 15.4 Å². The van der Waals surface area contributed by atoms with E-state index >= 15 is 0 Å². The van der Waals surface area contributed by atoms with Crippen molar-refractivity contribution < 1.29 is 18.0 Å². The molecule has 2 aromatic rings. The monoisotopic (exact) mass is 386 g/mol. The Hall–Kier alpha value is -2.67. The summed E-state index contributed by atoms with van der Waals surface area (Å²) in [6.07, 6.45) is 0. The highest BCUT2D eigenvalue weighted by Crippen LogP contribution is 2.29. The Labute approximate surface area is 159 Å². The minimum absolute atomic E-state index is 0.189. The summed E-state index contributed by atoms with van der Waals surface area (Å²) in [7, 11) is -3.71. The number of aryl methyl sites for hydroxylation is 3. The van der Waals surface area contributed by atoms with Crippen molar-refractivity contribution in [1.82, 2.24) is 0 Å². The molecule has 1 aliphatic rings. The molecule has 2 aromatic carbocycles. The summed E-state index contributed by atoms with van der Waals surface area (Å²) in [5.74, 6) is -1.64. The van der Waals surface area contributed by atoms with E-state index in [-0.39, 0.29) is 22.9 Å². The number of carbonyl (C=O) groups excluding carboxylic acids is 2. The first-order chi connectivity index (χ1) is 12.6. The van der Waals surface area contributed by atoms with Gasteiger partial charge in [-0.15, -0.1) is 0 Å². The lowest BCUT2D eigenvalue weighted by Crippen LogP contribution is -2.30. The SMILES string of the molecule is Cc1cc(C)c(NC(=O)c2cccc(N3C(=O)C(C)CS3(=O)=O)c2)c(C)c1. The number of amides is 2. The maximum atomic E-state index is 12.7. The Morgan fingerprint density at radius 2 is 1.74 bits per heavy atom. The van der Waals surface area contributed by atoms with Gasteiger partial charge >= 0.3 is 0 Å². The van der Waals surface area contributed by atoms with Gasteiger partial charge in [-0.1, -0.05) is 30.7 Å². The van der Waals surface area contributed by atoms with E-state index in [4.69, 9.17) is 0 Å². The molecule has 27 heavy (non-hydrogen) atoms. The van der Waals surface area contributed by atoms with Crippen LogP contribution in [0.3, 0.4) is 0 Å². The van der Waals surface area contributed by atoms with Crippen molar-refractivity contribution in [3.63, 3.8) is 0 Å². The Morgan fingerprint density at radius 1 is 1.11 bits per heavy atom. The molecule has 1 atom stereocenters. The number of anilines is 2. The normalized spacial score (nSPS) is 18.6. The first kappa shape index (κ1) is 19.1. The third-order valence-electron chi connectivity index (χ3n) is 4.62. The highest BCUT2D eigenvalue weighted by molar-refractivity contribution is 7.94. The minimum Gasteiger partial charge on any atom is -0.322 e. The largest absolute Gasteiger partial charge is 0.322 e. The Kier molecular flexibility index (Phi) is 4.82. The summed E-state index contributed by atoms with van der Waals surface area (Å²) in [6, 6.07) is 10.1. The molecule has 0 aliphatic carbocycles. The minimum atomic E-state index is -3.71. The van der Waals surface area contributed by atoms with Gasteiger partial charge in [0.2, 0.25) is 15.9 Å². The van der Waals surface area contributed by atoms with Crippen LogP contribution >= 0.6 is 0 Å². The topological polar surface area (TPSA) is 83.6 Å². The first-order valence-electron chi connectivity index (χ1n) is 8.66. The van der Waals surface area contributed by atoms with E-state index in [9.17, 15) is 18.0 Å². The number of nitrogens with one attached hydrogen (secondary N) is 1. The van der Waals surface area contributed by atoms with Crippen molar-refractivity contribution in [3.05, 3.63) is 58.7 Å². The molecule has 7 heteroatoms. The second-order valence-electron chi connectivity index (χ2n) is 7.06. The van der Waals surface area contributed by atoms with Crippen LogP contribution in [0.15, 0.2) is 36.4 Å². The van der Waals surface area contributed by atoms with Gasteiger partial charge < -0.3 is 5.32 Å². The number of rotatable bonds is 3. The quantitative estimate of drug-likeness (QED) is 0.878.